The number of benzene rings is 1. The number of thioether (sulfide) groups is 1. The fourth-order valence-corrected chi connectivity index (χ4v) is 5.67. The van der Waals surface area contributed by atoms with E-state index in [1.807, 2.05) is 30.7 Å². The quantitative estimate of drug-likeness (QED) is 0.533. The second kappa shape index (κ2) is 8.53. The van der Waals surface area contributed by atoms with Gasteiger partial charge in [-0.15, -0.1) is 27.1 Å². The zero-order chi connectivity index (χ0) is 22.4. The number of fused-ring (bicyclic) bond motifs is 2. The van der Waals surface area contributed by atoms with Gasteiger partial charge in [-0.1, -0.05) is 6.07 Å². The topological polar surface area (TPSA) is 100.0 Å². The van der Waals surface area contributed by atoms with Gasteiger partial charge in [0, 0.05) is 29.7 Å². The fraction of sp³-hybridized carbons (Fsp3) is 0.458. The zero-order valence-electron chi connectivity index (χ0n) is 18.6. The van der Waals surface area contributed by atoms with E-state index in [-0.39, 0.29) is 5.75 Å². The van der Waals surface area contributed by atoms with E-state index in [2.05, 4.69) is 35.6 Å². The molecule has 0 unspecified atom stereocenters. The second-order valence-corrected chi connectivity index (χ2v) is 10.1. The Balaban J connectivity index is 1.24. The van der Waals surface area contributed by atoms with E-state index in [1.54, 1.807) is 12.3 Å². The summed E-state index contributed by atoms with van der Waals surface area (Å²) in [5.74, 6) is 1.41. The normalized spacial score (nSPS) is 24.1. The van der Waals surface area contributed by atoms with Crippen LogP contribution in [0.4, 0.5) is 5.82 Å². The molecule has 1 saturated carbocycles. The molecule has 1 aromatic carbocycles. The molecule has 2 aromatic heterocycles. The largest absolute Gasteiger partial charge is 0.507 e. The third-order valence-electron chi connectivity index (χ3n) is 7.01. The van der Waals surface area contributed by atoms with Gasteiger partial charge in [0.15, 0.2) is 11.6 Å². The molecule has 3 aromatic rings. The van der Waals surface area contributed by atoms with Crippen LogP contribution in [-0.2, 0) is 0 Å². The van der Waals surface area contributed by atoms with Gasteiger partial charge in [-0.2, -0.15) is 5.10 Å². The number of rotatable bonds is 6. The van der Waals surface area contributed by atoms with Crippen LogP contribution in [0.3, 0.4) is 0 Å². The number of piperidine rings is 1. The minimum atomic E-state index is 0.124. The van der Waals surface area contributed by atoms with Crippen LogP contribution >= 0.6 is 11.8 Å². The molecule has 0 radical (unpaired) electrons. The number of anilines is 1. The highest BCUT2D eigenvalue weighted by atomic mass is 32.2. The van der Waals surface area contributed by atoms with Crippen molar-refractivity contribution < 1.29 is 5.11 Å². The maximum absolute atomic E-state index is 10.7. The maximum Gasteiger partial charge on any atom is 0.185 e. The summed E-state index contributed by atoms with van der Waals surface area (Å²) in [6.07, 6.45) is 12.8. The van der Waals surface area contributed by atoms with E-state index in [9.17, 15) is 5.11 Å². The number of phenols is 1. The van der Waals surface area contributed by atoms with Crippen LogP contribution in [0.2, 0.25) is 0 Å². The molecule has 0 amide bonds. The molecule has 9 heteroatoms. The lowest BCUT2D eigenvalue weighted by Crippen LogP contribution is -2.49. The molecule has 170 valence electrons. The summed E-state index contributed by atoms with van der Waals surface area (Å²) in [6, 6.07) is 9.78. The van der Waals surface area contributed by atoms with E-state index in [0.717, 1.165) is 22.0 Å². The summed E-state index contributed by atoms with van der Waals surface area (Å²) in [6.45, 7) is 0. The highest BCUT2D eigenvalue weighted by Gasteiger charge is 2.41. The van der Waals surface area contributed by atoms with Crippen molar-refractivity contribution in [1.82, 2.24) is 30.7 Å². The molecule has 2 N–H and O–H groups in total. The van der Waals surface area contributed by atoms with Gasteiger partial charge in [-0.25, -0.2) is 4.98 Å². The van der Waals surface area contributed by atoms with E-state index in [4.69, 9.17) is 0 Å². The summed E-state index contributed by atoms with van der Waals surface area (Å²) >= 11 is 1.53. The fourth-order valence-electron chi connectivity index (χ4n) is 5.30. The lowest BCUT2D eigenvalue weighted by atomic mass is 9.98. The number of nitrogens with zero attached hydrogens (tertiary/aromatic N) is 6. The van der Waals surface area contributed by atoms with Gasteiger partial charge in [0.1, 0.15) is 10.8 Å². The molecule has 4 heterocycles. The molecular weight excluding hydrogens is 434 g/mol. The summed E-state index contributed by atoms with van der Waals surface area (Å²) in [5.41, 5.74) is 2.34. The van der Waals surface area contributed by atoms with Gasteiger partial charge in [-0.3, -0.25) is 0 Å². The monoisotopic (exact) mass is 461 g/mol. The molecule has 33 heavy (non-hydrogen) atoms. The van der Waals surface area contributed by atoms with Gasteiger partial charge in [-0.05, 0) is 68.5 Å². The van der Waals surface area contributed by atoms with Crippen LogP contribution in [0, 0.1) is 0 Å². The Morgan fingerprint density at radius 2 is 1.76 bits per heavy atom. The molecule has 6 rings (SSSR count). The van der Waals surface area contributed by atoms with E-state index >= 15 is 0 Å². The van der Waals surface area contributed by atoms with Gasteiger partial charge in [0.25, 0.3) is 0 Å². The molecule has 8 nitrogen and oxygen atoms in total. The average Bonchev–Trinajstić information content (AvgIpc) is 3.63. The predicted octanol–water partition coefficient (Wildman–Crippen LogP) is 3.67. The summed E-state index contributed by atoms with van der Waals surface area (Å²) in [7, 11) is 0. The number of phenolic OH excluding ortho intramolecular Hbond substituents is 1. The number of hydrogen-bond donors (Lipinski definition) is 2. The van der Waals surface area contributed by atoms with Crippen molar-refractivity contribution in [2.75, 3.05) is 11.2 Å². The Morgan fingerprint density at radius 1 is 0.939 bits per heavy atom. The Kier molecular flexibility index (Phi) is 5.38. The zero-order valence-corrected chi connectivity index (χ0v) is 19.4. The van der Waals surface area contributed by atoms with Gasteiger partial charge in [0.2, 0.25) is 0 Å². The highest BCUT2D eigenvalue weighted by molar-refractivity contribution is 7.98. The van der Waals surface area contributed by atoms with Crippen LogP contribution in [0.1, 0.15) is 38.5 Å². The SMILES string of the molecule is CSc1cc(-c2ccc(-c3ncc(N(C4CC4)[C@@H]4C[C@H]5CC[C@@H](C4)N5)nn3)c(O)c2)cnn1. The van der Waals surface area contributed by atoms with Gasteiger partial charge in [0.05, 0.1) is 18.0 Å². The van der Waals surface area contributed by atoms with E-state index in [1.165, 1.54) is 50.3 Å². The van der Waals surface area contributed by atoms with Crippen LogP contribution in [0.15, 0.2) is 41.7 Å². The van der Waals surface area contributed by atoms with Crippen molar-refractivity contribution in [3.05, 3.63) is 36.7 Å². The van der Waals surface area contributed by atoms with E-state index in [0.29, 0.717) is 35.6 Å². The molecule has 3 fully saturated rings. The summed E-state index contributed by atoms with van der Waals surface area (Å²) in [5, 5.41) is 32.4. The molecular formula is C24H27N7OS. The second-order valence-electron chi connectivity index (χ2n) is 9.26. The van der Waals surface area contributed by atoms with Crippen molar-refractivity contribution in [1.29, 1.82) is 0 Å². The van der Waals surface area contributed by atoms with Crippen molar-refractivity contribution in [3.63, 3.8) is 0 Å². The average molecular weight is 462 g/mol. The molecule has 2 bridgehead atoms. The number of nitrogens with one attached hydrogen (secondary N) is 1. The van der Waals surface area contributed by atoms with Crippen molar-refractivity contribution in [2.24, 2.45) is 0 Å². The minimum Gasteiger partial charge on any atom is -0.507 e. The predicted molar refractivity (Wildman–Crippen MR) is 128 cm³/mol. The standard InChI is InChI=1S/C24H27N7OS/c1-33-23-9-15(12-26-29-23)14-2-7-20(21(32)8-14)24-25-13-22(28-30-24)31(18-5-6-18)19-10-16-3-4-17(11-19)27-16/h2,7-9,12-13,16-19,27,32H,3-6,10-11H2,1H3/t16-,17+,19-. The molecule has 0 spiro atoms. The third kappa shape index (κ3) is 4.15. The molecule has 3 atom stereocenters. The molecule has 3 aliphatic rings. The lowest BCUT2D eigenvalue weighted by Gasteiger charge is -2.38. The van der Waals surface area contributed by atoms with Gasteiger partial charge < -0.3 is 15.3 Å². The van der Waals surface area contributed by atoms with Crippen LogP contribution in [-0.4, -0.2) is 60.9 Å². The first kappa shape index (κ1) is 20.8. The third-order valence-corrected chi connectivity index (χ3v) is 7.63. The smallest absolute Gasteiger partial charge is 0.185 e. The van der Waals surface area contributed by atoms with E-state index < -0.39 is 0 Å². The van der Waals surface area contributed by atoms with Crippen LogP contribution < -0.4 is 10.2 Å². The number of aromatic nitrogens is 5. The number of aromatic hydroxyl groups is 1. The van der Waals surface area contributed by atoms with Crippen LogP contribution in [0.25, 0.3) is 22.5 Å². The van der Waals surface area contributed by atoms with Gasteiger partial charge >= 0.3 is 0 Å². The minimum absolute atomic E-state index is 0.124. The Bertz CT molecular complexity index is 1140. The van der Waals surface area contributed by atoms with Crippen molar-refractivity contribution >= 4 is 17.6 Å². The first-order chi connectivity index (χ1) is 16.2. The molecule has 1 aliphatic carbocycles. The van der Waals surface area contributed by atoms with Crippen molar-refractivity contribution in [2.45, 2.75) is 67.7 Å². The molecule has 2 aliphatic heterocycles. The Morgan fingerprint density at radius 3 is 2.42 bits per heavy atom. The molecule has 2 saturated heterocycles. The van der Waals surface area contributed by atoms with Crippen LogP contribution in [0.5, 0.6) is 5.75 Å². The summed E-state index contributed by atoms with van der Waals surface area (Å²) < 4.78 is 0. The maximum atomic E-state index is 10.7. The summed E-state index contributed by atoms with van der Waals surface area (Å²) in [4.78, 5) is 7.07. The lowest BCUT2D eigenvalue weighted by molar-refractivity contribution is 0.343. The first-order valence-corrected chi connectivity index (χ1v) is 12.8. The Hall–Kier alpha value is -2.78. The highest BCUT2D eigenvalue weighted by Crippen LogP contribution is 2.39. The Labute approximate surface area is 197 Å². The first-order valence-electron chi connectivity index (χ1n) is 11.6. The number of hydrogen-bond acceptors (Lipinski definition) is 9. The van der Waals surface area contributed by atoms with Crippen molar-refractivity contribution in [3.8, 4) is 28.3 Å².